The van der Waals surface area contributed by atoms with Gasteiger partial charge in [-0.05, 0) is 48.8 Å². The molecule has 4 nitrogen and oxygen atoms in total. The van der Waals surface area contributed by atoms with Gasteiger partial charge in [0.25, 0.3) is 0 Å². The highest BCUT2D eigenvalue weighted by molar-refractivity contribution is 5.92. The molecule has 0 radical (unpaired) electrons. The lowest BCUT2D eigenvalue weighted by Crippen LogP contribution is -2.15. The van der Waals surface area contributed by atoms with Gasteiger partial charge in [0, 0.05) is 24.2 Å². The van der Waals surface area contributed by atoms with Gasteiger partial charge in [0.1, 0.15) is 11.5 Å². The fourth-order valence-corrected chi connectivity index (χ4v) is 2.66. The molecule has 2 rings (SSSR count). The first-order chi connectivity index (χ1) is 10.7. The Kier molecular flexibility index (Phi) is 8.17. The van der Waals surface area contributed by atoms with Crippen LogP contribution in [0, 0.1) is 0 Å². The minimum atomic E-state index is 0. The minimum Gasteiger partial charge on any atom is -0.508 e. The maximum absolute atomic E-state index is 10.2. The first kappa shape index (κ1) is 19.6. The summed E-state index contributed by atoms with van der Waals surface area (Å²) in [5.41, 5.74) is 1.78. The molecule has 0 amide bonds. The molecule has 0 saturated carbocycles. The van der Waals surface area contributed by atoms with Crippen molar-refractivity contribution in [2.45, 2.75) is 39.8 Å². The molecule has 0 aliphatic carbocycles. The van der Waals surface area contributed by atoms with Gasteiger partial charge in [-0.15, -0.1) is 12.4 Å². The summed E-state index contributed by atoms with van der Waals surface area (Å²) in [4.78, 5) is 0. The van der Waals surface area contributed by atoms with Gasteiger partial charge in [-0.1, -0.05) is 26.0 Å². The summed E-state index contributed by atoms with van der Waals surface area (Å²) in [6.45, 7) is 7.32. The molecular formula is C18H27ClN2O2. The van der Waals surface area contributed by atoms with Crippen molar-refractivity contribution < 1.29 is 10.2 Å². The standard InChI is InChI=1S/C18H26N2O2.ClH/c1-3-9-19-11-15-13-5-8-18(22)16(12-20-10-4-2)14(13)6-7-17(15)21;/h5-8,19-22H,3-4,9-12H2,1-2H3;1H. The highest BCUT2D eigenvalue weighted by Gasteiger charge is 2.12. The van der Waals surface area contributed by atoms with Crippen molar-refractivity contribution in [1.82, 2.24) is 10.6 Å². The van der Waals surface area contributed by atoms with E-state index < -0.39 is 0 Å². The quantitative estimate of drug-likeness (QED) is 0.554. The third-order valence-corrected chi connectivity index (χ3v) is 3.83. The molecular weight excluding hydrogens is 312 g/mol. The first-order valence-corrected chi connectivity index (χ1v) is 8.05. The monoisotopic (exact) mass is 338 g/mol. The van der Waals surface area contributed by atoms with Gasteiger partial charge in [0.05, 0.1) is 0 Å². The van der Waals surface area contributed by atoms with E-state index in [1.807, 2.05) is 12.1 Å². The van der Waals surface area contributed by atoms with Crippen LogP contribution in [0.1, 0.15) is 37.8 Å². The van der Waals surface area contributed by atoms with Gasteiger partial charge in [-0.2, -0.15) is 0 Å². The number of hydrogen-bond donors (Lipinski definition) is 4. The molecule has 0 spiro atoms. The summed E-state index contributed by atoms with van der Waals surface area (Å²) in [6, 6.07) is 7.20. The molecule has 0 aliphatic heterocycles. The number of rotatable bonds is 8. The van der Waals surface area contributed by atoms with Gasteiger partial charge in [0.2, 0.25) is 0 Å². The van der Waals surface area contributed by atoms with E-state index in [-0.39, 0.29) is 12.4 Å². The third kappa shape index (κ3) is 4.74. The second-order valence-corrected chi connectivity index (χ2v) is 5.58. The number of halogens is 1. The molecule has 0 aromatic heterocycles. The molecule has 5 heteroatoms. The number of fused-ring (bicyclic) bond motifs is 1. The summed E-state index contributed by atoms with van der Waals surface area (Å²) in [6.07, 6.45) is 2.11. The maximum Gasteiger partial charge on any atom is 0.120 e. The number of phenolic OH excluding ortho intramolecular Hbond substituents is 2. The Hall–Kier alpha value is -1.49. The summed E-state index contributed by atoms with van der Waals surface area (Å²) in [5, 5.41) is 29.0. The molecule has 2 aromatic rings. The number of phenols is 2. The van der Waals surface area contributed by atoms with E-state index in [0.29, 0.717) is 24.6 Å². The Balaban J connectivity index is 0.00000264. The smallest absolute Gasteiger partial charge is 0.120 e. The zero-order valence-corrected chi connectivity index (χ0v) is 14.7. The second kappa shape index (κ2) is 9.60. The number of benzene rings is 2. The number of aromatic hydroxyl groups is 2. The third-order valence-electron chi connectivity index (χ3n) is 3.83. The van der Waals surface area contributed by atoms with Gasteiger partial charge >= 0.3 is 0 Å². The van der Waals surface area contributed by atoms with Crippen LogP contribution in [0.5, 0.6) is 11.5 Å². The predicted octanol–water partition coefficient (Wildman–Crippen LogP) is 3.67. The van der Waals surface area contributed by atoms with E-state index >= 15 is 0 Å². The molecule has 0 saturated heterocycles. The average molecular weight is 339 g/mol. The second-order valence-electron chi connectivity index (χ2n) is 5.58. The maximum atomic E-state index is 10.2. The predicted molar refractivity (Wildman–Crippen MR) is 98.5 cm³/mol. The Labute approximate surface area is 144 Å². The van der Waals surface area contributed by atoms with E-state index in [1.165, 1.54) is 0 Å². The Morgan fingerprint density at radius 2 is 1.13 bits per heavy atom. The molecule has 0 bridgehead atoms. The van der Waals surface area contributed by atoms with Crippen LogP contribution in [0.2, 0.25) is 0 Å². The van der Waals surface area contributed by atoms with Crippen molar-refractivity contribution in [1.29, 1.82) is 0 Å². The average Bonchev–Trinajstić information content (AvgIpc) is 2.52. The van der Waals surface area contributed by atoms with Crippen LogP contribution in [0.4, 0.5) is 0 Å². The normalized spacial score (nSPS) is 10.7. The van der Waals surface area contributed by atoms with Gasteiger partial charge in [-0.25, -0.2) is 0 Å². The number of nitrogens with one attached hydrogen (secondary N) is 2. The summed E-state index contributed by atoms with van der Waals surface area (Å²) in [7, 11) is 0. The summed E-state index contributed by atoms with van der Waals surface area (Å²) in [5.74, 6) is 0.600. The van der Waals surface area contributed by atoms with Crippen molar-refractivity contribution in [2.24, 2.45) is 0 Å². The summed E-state index contributed by atoms with van der Waals surface area (Å²) >= 11 is 0. The van der Waals surface area contributed by atoms with Crippen LogP contribution < -0.4 is 10.6 Å². The lowest BCUT2D eigenvalue weighted by Gasteiger charge is -2.14. The van der Waals surface area contributed by atoms with Crippen LogP contribution in [-0.2, 0) is 13.1 Å². The SMILES string of the molecule is CCCNCc1c(O)ccc2c(CNCCC)c(O)ccc12.Cl. The molecule has 0 atom stereocenters. The van der Waals surface area contributed by atoms with Gasteiger partial charge in [0.15, 0.2) is 0 Å². The highest BCUT2D eigenvalue weighted by atomic mass is 35.5. The van der Waals surface area contributed by atoms with E-state index in [2.05, 4.69) is 24.5 Å². The molecule has 0 fully saturated rings. The minimum absolute atomic E-state index is 0. The van der Waals surface area contributed by atoms with Crippen molar-refractivity contribution in [3.63, 3.8) is 0 Å². The zero-order chi connectivity index (χ0) is 15.9. The van der Waals surface area contributed by atoms with Crippen LogP contribution in [0.25, 0.3) is 10.8 Å². The lowest BCUT2D eigenvalue weighted by molar-refractivity contribution is 0.463. The van der Waals surface area contributed by atoms with Crippen LogP contribution in [0.3, 0.4) is 0 Å². The van der Waals surface area contributed by atoms with Crippen molar-refractivity contribution >= 4 is 23.2 Å². The Bertz CT molecular complexity index is 577. The topological polar surface area (TPSA) is 64.5 Å². The fraction of sp³-hybridized carbons (Fsp3) is 0.444. The molecule has 0 unspecified atom stereocenters. The van der Waals surface area contributed by atoms with Crippen molar-refractivity contribution in [3.05, 3.63) is 35.4 Å². The number of hydrogen-bond acceptors (Lipinski definition) is 4. The highest BCUT2D eigenvalue weighted by Crippen LogP contribution is 2.33. The van der Waals surface area contributed by atoms with Crippen LogP contribution in [0.15, 0.2) is 24.3 Å². The van der Waals surface area contributed by atoms with Crippen molar-refractivity contribution in [3.8, 4) is 11.5 Å². The van der Waals surface area contributed by atoms with E-state index in [1.54, 1.807) is 12.1 Å². The molecule has 2 aromatic carbocycles. The Morgan fingerprint density at radius 1 is 0.739 bits per heavy atom. The fourth-order valence-electron chi connectivity index (χ4n) is 2.66. The van der Waals surface area contributed by atoms with Gasteiger partial charge < -0.3 is 20.8 Å². The first-order valence-electron chi connectivity index (χ1n) is 8.05. The largest absolute Gasteiger partial charge is 0.508 e. The molecule has 128 valence electrons. The lowest BCUT2D eigenvalue weighted by atomic mass is 9.98. The van der Waals surface area contributed by atoms with E-state index in [0.717, 1.165) is 47.8 Å². The van der Waals surface area contributed by atoms with E-state index in [9.17, 15) is 10.2 Å². The van der Waals surface area contributed by atoms with E-state index in [4.69, 9.17) is 0 Å². The van der Waals surface area contributed by atoms with Crippen LogP contribution >= 0.6 is 12.4 Å². The van der Waals surface area contributed by atoms with Crippen molar-refractivity contribution in [2.75, 3.05) is 13.1 Å². The summed E-state index contributed by atoms with van der Waals surface area (Å²) < 4.78 is 0. The molecule has 23 heavy (non-hydrogen) atoms. The molecule has 0 heterocycles. The Morgan fingerprint density at radius 3 is 1.48 bits per heavy atom. The molecule has 0 aliphatic rings. The van der Waals surface area contributed by atoms with Crippen LogP contribution in [-0.4, -0.2) is 23.3 Å². The zero-order valence-electron chi connectivity index (χ0n) is 13.9. The van der Waals surface area contributed by atoms with Gasteiger partial charge in [-0.3, -0.25) is 0 Å². The molecule has 4 N–H and O–H groups in total.